The first-order chi connectivity index (χ1) is 6.57. The van der Waals surface area contributed by atoms with Crippen molar-refractivity contribution in [1.29, 1.82) is 0 Å². The van der Waals surface area contributed by atoms with E-state index in [1.54, 1.807) is 0 Å². The fourth-order valence-corrected chi connectivity index (χ4v) is 1.57. The highest BCUT2D eigenvalue weighted by molar-refractivity contribution is 5.81. The molecule has 1 aliphatic heterocycles. The molecule has 1 saturated heterocycles. The van der Waals surface area contributed by atoms with E-state index >= 15 is 0 Å². The number of aliphatic carboxylic acids is 1. The largest absolute Gasteiger partial charge is 0.480 e. The van der Waals surface area contributed by atoms with Gasteiger partial charge < -0.3 is 9.84 Å². The summed E-state index contributed by atoms with van der Waals surface area (Å²) in [6.07, 6.45) is 0.207. The minimum atomic E-state index is -0.960. The number of nitrogens with zero attached hydrogens (tertiary/aromatic N) is 1. The molecule has 0 unspecified atom stereocenters. The molecule has 2 atom stereocenters. The van der Waals surface area contributed by atoms with Gasteiger partial charge in [-0.2, -0.15) is 0 Å². The minimum Gasteiger partial charge on any atom is -0.480 e. The fraction of sp³-hybridized carbons (Fsp3) is 0.778. The molecule has 0 spiro atoms. The molecule has 1 amide bonds. The molecule has 0 bridgehead atoms. The SMILES string of the molecule is CC[C@H](C)[C@@H](C(=O)O)N1CCOC1=O. The predicted octanol–water partition coefficient (Wildman–Crippen LogP) is 0.938. The standard InChI is InChI=1S/C9H15NO4/c1-3-6(2)7(8(11)12)10-4-5-14-9(10)13/h6-7H,3-5H2,1-2H3,(H,11,12)/t6-,7-/m0/s1. The van der Waals surface area contributed by atoms with Crippen molar-refractivity contribution in [1.82, 2.24) is 4.90 Å². The molecule has 14 heavy (non-hydrogen) atoms. The van der Waals surface area contributed by atoms with Crippen LogP contribution in [0.2, 0.25) is 0 Å². The summed E-state index contributed by atoms with van der Waals surface area (Å²) in [6.45, 7) is 4.39. The first kappa shape index (κ1) is 10.8. The monoisotopic (exact) mass is 201 g/mol. The van der Waals surface area contributed by atoms with Crippen LogP contribution < -0.4 is 0 Å². The van der Waals surface area contributed by atoms with E-state index in [0.717, 1.165) is 6.42 Å². The molecule has 0 aromatic rings. The van der Waals surface area contributed by atoms with Crippen molar-refractivity contribution in [3.8, 4) is 0 Å². The third-order valence-corrected chi connectivity index (χ3v) is 2.56. The first-order valence-corrected chi connectivity index (χ1v) is 4.74. The lowest BCUT2D eigenvalue weighted by molar-refractivity contribution is -0.143. The predicted molar refractivity (Wildman–Crippen MR) is 48.9 cm³/mol. The van der Waals surface area contributed by atoms with Gasteiger partial charge in [0.15, 0.2) is 0 Å². The third-order valence-electron chi connectivity index (χ3n) is 2.56. The molecule has 0 aliphatic carbocycles. The average molecular weight is 201 g/mol. The van der Waals surface area contributed by atoms with Crippen molar-refractivity contribution < 1.29 is 19.4 Å². The van der Waals surface area contributed by atoms with Crippen LogP contribution in [0.4, 0.5) is 4.79 Å². The van der Waals surface area contributed by atoms with Gasteiger partial charge in [0.05, 0.1) is 6.54 Å². The normalized spacial score (nSPS) is 20.4. The van der Waals surface area contributed by atoms with Crippen LogP contribution in [0.1, 0.15) is 20.3 Å². The molecule has 1 rings (SSSR count). The summed E-state index contributed by atoms with van der Waals surface area (Å²) in [4.78, 5) is 23.5. The average Bonchev–Trinajstić information content (AvgIpc) is 2.52. The second kappa shape index (κ2) is 4.30. The summed E-state index contributed by atoms with van der Waals surface area (Å²) in [6, 6.07) is -0.755. The Hall–Kier alpha value is -1.26. The van der Waals surface area contributed by atoms with Gasteiger partial charge in [-0.25, -0.2) is 9.59 Å². The van der Waals surface area contributed by atoms with E-state index in [4.69, 9.17) is 9.84 Å². The van der Waals surface area contributed by atoms with Crippen LogP contribution in [-0.4, -0.2) is 41.3 Å². The number of hydrogen-bond acceptors (Lipinski definition) is 3. The quantitative estimate of drug-likeness (QED) is 0.735. The number of cyclic esters (lactones) is 1. The maximum absolute atomic E-state index is 11.2. The van der Waals surface area contributed by atoms with Crippen LogP contribution in [0.15, 0.2) is 0 Å². The zero-order chi connectivity index (χ0) is 10.7. The number of amides is 1. The Labute approximate surface area is 82.6 Å². The number of ether oxygens (including phenoxy) is 1. The summed E-state index contributed by atoms with van der Waals surface area (Å²) in [5.41, 5.74) is 0. The van der Waals surface area contributed by atoms with Crippen molar-refractivity contribution in [3.05, 3.63) is 0 Å². The third kappa shape index (κ3) is 1.97. The van der Waals surface area contributed by atoms with Crippen LogP contribution in [0.5, 0.6) is 0 Å². The Balaban J connectivity index is 2.76. The van der Waals surface area contributed by atoms with Gasteiger partial charge in [0.2, 0.25) is 0 Å². The topological polar surface area (TPSA) is 66.8 Å². The van der Waals surface area contributed by atoms with Gasteiger partial charge in [0, 0.05) is 0 Å². The summed E-state index contributed by atoms with van der Waals surface area (Å²) >= 11 is 0. The van der Waals surface area contributed by atoms with Gasteiger partial charge in [-0.15, -0.1) is 0 Å². The molecule has 0 saturated carbocycles. The van der Waals surface area contributed by atoms with Gasteiger partial charge in [0.25, 0.3) is 0 Å². The lowest BCUT2D eigenvalue weighted by Crippen LogP contribution is -2.45. The second-order valence-electron chi connectivity index (χ2n) is 3.48. The Kier molecular flexibility index (Phi) is 3.33. The van der Waals surface area contributed by atoms with Gasteiger partial charge in [-0.05, 0) is 5.92 Å². The van der Waals surface area contributed by atoms with Gasteiger partial charge in [-0.3, -0.25) is 4.90 Å². The Morgan fingerprint density at radius 2 is 2.36 bits per heavy atom. The van der Waals surface area contributed by atoms with E-state index < -0.39 is 18.1 Å². The zero-order valence-corrected chi connectivity index (χ0v) is 8.40. The minimum absolute atomic E-state index is 0.0573. The lowest BCUT2D eigenvalue weighted by Gasteiger charge is -2.26. The molecular weight excluding hydrogens is 186 g/mol. The fourth-order valence-electron chi connectivity index (χ4n) is 1.57. The van der Waals surface area contributed by atoms with Gasteiger partial charge in [-0.1, -0.05) is 20.3 Å². The van der Waals surface area contributed by atoms with E-state index in [1.807, 2.05) is 13.8 Å². The summed E-state index contributed by atoms with van der Waals surface area (Å²) in [7, 11) is 0. The van der Waals surface area contributed by atoms with Crippen molar-refractivity contribution >= 4 is 12.1 Å². The number of carbonyl (C=O) groups excluding carboxylic acids is 1. The van der Waals surface area contributed by atoms with Crippen LogP contribution in [0, 0.1) is 5.92 Å². The number of carboxylic acid groups (broad SMARTS) is 1. The number of hydrogen-bond donors (Lipinski definition) is 1. The van der Waals surface area contributed by atoms with Crippen molar-refractivity contribution in [2.24, 2.45) is 5.92 Å². The molecule has 0 aromatic heterocycles. The smallest absolute Gasteiger partial charge is 0.410 e. The number of carboxylic acids is 1. The van der Waals surface area contributed by atoms with E-state index in [1.165, 1.54) is 4.90 Å². The van der Waals surface area contributed by atoms with Gasteiger partial charge >= 0.3 is 12.1 Å². The Morgan fingerprint density at radius 3 is 2.71 bits per heavy atom. The molecule has 1 aliphatic rings. The second-order valence-corrected chi connectivity index (χ2v) is 3.48. The van der Waals surface area contributed by atoms with E-state index in [9.17, 15) is 9.59 Å². The molecule has 0 radical (unpaired) electrons. The molecular formula is C9H15NO4. The van der Waals surface area contributed by atoms with Crippen molar-refractivity contribution in [2.45, 2.75) is 26.3 Å². The van der Waals surface area contributed by atoms with Crippen LogP contribution >= 0.6 is 0 Å². The Morgan fingerprint density at radius 1 is 1.71 bits per heavy atom. The first-order valence-electron chi connectivity index (χ1n) is 4.74. The van der Waals surface area contributed by atoms with Crippen LogP contribution in [-0.2, 0) is 9.53 Å². The summed E-state index contributed by atoms with van der Waals surface area (Å²) in [5.74, 6) is -1.02. The highest BCUT2D eigenvalue weighted by atomic mass is 16.6. The van der Waals surface area contributed by atoms with E-state index in [-0.39, 0.29) is 5.92 Å². The highest BCUT2D eigenvalue weighted by Gasteiger charge is 2.37. The summed E-state index contributed by atoms with van der Waals surface area (Å²) in [5, 5.41) is 9.00. The summed E-state index contributed by atoms with van der Waals surface area (Å²) < 4.78 is 4.71. The number of carbonyl (C=O) groups is 2. The molecule has 5 nitrogen and oxygen atoms in total. The van der Waals surface area contributed by atoms with Crippen LogP contribution in [0.25, 0.3) is 0 Å². The number of rotatable bonds is 4. The van der Waals surface area contributed by atoms with E-state index in [0.29, 0.717) is 13.2 Å². The molecule has 1 N–H and O–H groups in total. The van der Waals surface area contributed by atoms with Crippen molar-refractivity contribution in [2.75, 3.05) is 13.2 Å². The molecule has 80 valence electrons. The molecule has 1 fully saturated rings. The van der Waals surface area contributed by atoms with Crippen molar-refractivity contribution in [3.63, 3.8) is 0 Å². The zero-order valence-electron chi connectivity index (χ0n) is 8.40. The molecule has 0 aromatic carbocycles. The maximum atomic E-state index is 11.2. The van der Waals surface area contributed by atoms with Gasteiger partial charge in [0.1, 0.15) is 12.6 Å². The Bertz CT molecular complexity index is 241. The van der Waals surface area contributed by atoms with E-state index in [2.05, 4.69) is 0 Å². The van der Waals surface area contributed by atoms with Crippen LogP contribution in [0.3, 0.4) is 0 Å². The lowest BCUT2D eigenvalue weighted by atomic mass is 9.98. The molecule has 5 heteroatoms. The highest BCUT2D eigenvalue weighted by Crippen LogP contribution is 2.18. The molecule has 1 heterocycles. The maximum Gasteiger partial charge on any atom is 0.410 e.